The summed E-state index contributed by atoms with van der Waals surface area (Å²) >= 11 is 0. The summed E-state index contributed by atoms with van der Waals surface area (Å²) in [5.74, 6) is -0.857. The van der Waals surface area contributed by atoms with Gasteiger partial charge < -0.3 is 20.1 Å². The zero-order chi connectivity index (χ0) is 24.6. The van der Waals surface area contributed by atoms with Gasteiger partial charge in [0.05, 0.1) is 5.41 Å². The Hall–Kier alpha value is -3.35. The topological polar surface area (TPSA) is 95.9 Å². The Balaban J connectivity index is 1.17. The van der Waals surface area contributed by atoms with Gasteiger partial charge in [0.1, 0.15) is 6.61 Å². The van der Waals surface area contributed by atoms with E-state index in [0.29, 0.717) is 6.42 Å². The van der Waals surface area contributed by atoms with Crippen molar-refractivity contribution in [3.8, 4) is 11.1 Å². The summed E-state index contributed by atoms with van der Waals surface area (Å²) in [4.78, 5) is 38.5. The maximum Gasteiger partial charge on any atom is 0.407 e. The molecule has 0 unspecified atom stereocenters. The third kappa shape index (κ3) is 4.51. The number of hydrogen-bond donors (Lipinski definition) is 2. The second-order valence-electron chi connectivity index (χ2n) is 10.4. The number of rotatable bonds is 6. The first-order valence-corrected chi connectivity index (χ1v) is 12.5. The number of alkyl carbamates (subject to hydrolysis) is 1. The van der Waals surface area contributed by atoms with Crippen LogP contribution >= 0.6 is 0 Å². The zero-order valence-corrected chi connectivity index (χ0v) is 20.0. The molecule has 2 aliphatic carbocycles. The number of fused-ring (bicyclic) bond motifs is 3. The van der Waals surface area contributed by atoms with Gasteiger partial charge >= 0.3 is 12.1 Å². The van der Waals surface area contributed by atoms with E-state index in [4.69, 9.17) is 4.74 Å². The smallest absolute Gasteiger partial charge is 0.407 e. The average molecular weight is 477 g/mol. The number of hydrogen-bond acceptors (Lipinski definition) is 4. The molecule has 1 aliphatic heterocycles. The Bertz CT molecular complexity index is 1090. The van der Waals surface area contributed by atoms with E-state index >= 15 is 0 Å². The monoisotopic (exact) mass is 476 g/mol. The molecule has 0 aromatic heterocycles. The summed E-state index contributed by atoms with van der Waals surface area (Å²) in [6.45, 7) is 2.43. The van der Waals surface area contributed by atoms with Gasteiger partial charge in [0.15, 0.2) is 0 Å². The molecular formula is C28H32N2O5. The zero-order valence-electron chi connectivity index (χ0n) is 20.0. The van der Waals surface area contributed by atoms with Crippen LogP contribution < -0.4 is 5.32 Å². The van der Waals surface area contributed by atoms with E-state index in [1.165, 1.54) is 22.3 Å². The molecule has 1 saturated heterocycles. The lowest BCUT2D eigenvalue weighted by Gasteiger charge is -2.45. The molecule has 2 N–H and O–H groups in total. The van der Waals surface area contributed by atoms with E-state index in [1.54, 1.807) is 11.8 Å². The van der Waals surface area contributed by atoms with Gasteiger partial charge in [-0.2, -0.15) is 0 Å². The van der Waals surface area contributed by atoms with Crippen molar-refractivity contribution >= 4 is 18.0 Å². The lowest BCUT2D eigenvalue weighted by Crippen LogP contribution is -2.61. The number of carbonyl (C=O) groups is 3. The van der Waals surface area contributed by atoms with E-state index in [0.717, 1.165) is 25.7 Å². The van der Waals surface area contributed by atoms with Gasteiger partial charge in [-0.25, -0.2) is 4.79 Å². The second kappa shape index (κ2) is 9.36. The number of ether oxygens (including phenoxy) is 1. The number of benzene rings is 2. The van der Waals surface area contributed by atoms with Crippen LogP contribution in [0.3, 0.4) is 0 Å². The molecule has 2 amide bonds. The van der Waals surface area contributed by atoms with Gasteiger partial charge in [0.2, 0.25) is 5.91 Å². The average Bonchev–Trinajstić information content (AvgIpc) is 3.15. The minimum absolute atomic E-state index is 0.00634. The quantitative estimate of drug-likeness (QED) is 0.644. The van der Waals surface area contributed by atoms with Crippen molar-refractivity contribution in [3.63, 3.8) is 0 Å². The molecule has 3 aliphatic rings. The van der Waals surface area contributed by atoms with E-state index in [2.05, 4.69) is 29.6 Å². The molecule has 5 rings (SSSR count). The van der Waals surface area contributed by atoms with Crippen LogP contribution in [0.15, 0.2) is 48.5 Å². The highest BCUT2D eigenvalue weighted by Crippen LogP contribution is 2.44. The summed E-state index contributed by atoms with van der Waals surface area (Å²) in [7, 11) is 0. The van der Waals surface area contributed by atoms with E-state index in [1.807, 2.05) is 24.3 Å². The molecule has 2 aromatic carbocycles. The third-order valence-electron chi connectivity index (χ3n) is 7.94. The molecule has 184 valence electrons. The molecule has 0 bridgehead atoms. The summed E-state index contributed by atoms with van der Waals surface area (Å²) in [5, 5.41) is 12.3. The van der Waals surface area contributed by atoms with Crippen LogP contribution in [-0.4, -0.2) is 53.7 Å². The Morgan fingerprint density at radius 1 is 1.00 bits per heavy atom. The summed E-state index contributed by atoms with van der Waals surface area (Å²) in [6, 6.07) is 16.4. The molecule has 35 heavy (non-hydrogen) atoms. The number of carboxylic acids is 1. The number of amides is 2. The number of aliphatic carboxylic acids is 1. The summed E-state index contributed by atoms with van der Waals surface area (Å²) in [5.41, 5.74) is 3.87. The molecule has 1 saturated carbocycles. The molecule has 2 atom stereocenters. The molecule has 0 radical (unpaired) electrons. The largest absolute Gasteiger partial charge is 0.481 e. The van der Waals surface area contributed by atoms with Crippen molar-refractivity contribution < 1.29 is 24.2 Å². The number of nitrogens with one attached hydrogen (secondary N) is 1. The van der Waals surface area contributed by atoms with Crippen LogP contribution in [0.25, 0.3) is 11.1 Å². The first-order valence-electron chi connectivity index (χ1n) is 12.5. The standard InChI is InChI=1S/C28H32N2O5/c1-28(26(32)33)16-30(17-28)25(31)14-18-8-2-7-13-24(18)29-27(34)35-15-23-21-11-5-3-9-19(21)20-10-4-6-12-22(20)23/h3-6,9-12,18,23-24H,2,7-8,13-17H2,1H3,(H,29,34)(H,32,33)/t18-,24-/m0/s1. The van der Waals surface area contributed by atoms with Crippen LogP contribution in [0, 0.1) is 11.3 Å². The predicted octanol–water partition coefficient (Wildman–Crippen LogP) is 4.41. The molecule has 1 heterocycles. The lowest BCUT2D eigenvalue weighted by molar-refractivity contribution is -0.164. The Morgan fingerprint density at radius 3 is 2.23 bits per heavy atom. The predicted molar refractivity (Wildman–Crippen MR) is 131 cm³/mol. The van der Waals surface area contributed by atoms with Crippen molar-refractivity contribution in [2.75, 3.05) is 19.7 Å². The maximum atomic E-state index is 12.8. The van der Waals surface area contributed by atoms with Gasteiger partial charge in [-0.15, -0.1) is 0 Å². The summed E-state index contributed by atoms with van der Waals surface area (Å²) in [6.07, 6.45) is 3.58. The SMILES string of the molecule is CC1(C(=O)O)CN(C(=O)C[C@@H]2CCCC[C@@H]2NC(=O)OCC2c3ccccc3-c3ccccc32)C1. The number of likely N-dealkylation sites (tertiary alicyclic amines) is 1. The molecule has 7 nitrogen and oxygen atoms in total. The van der Waals surface area contributed by atoms with Gasteiger partial charge in [-0.05, 0) is 47.9 Å². The van der Waals surface area contributed by atoms with Crippen LogP contribution in [0.5, 0.6) is 0 Å². The molecule has 2 aromatic rings. The number of nitrogens with zero attached hydrogens (tertiary/aromatic N) is 1. The van der Waals surface area contributed by atoms with Crippen molar-refractivity contribution in [2.45, 2.75) is 51.0 Å². The number of carboxylic acid groups (broad SMARTS) is 1. The van der Waals surface area contributed by atoms with Crippen LogP contribution in [0.2, 0.25) is 0 Å². The maximum absolute atomic E-state index is 12.8. The normalized spacial score (nSPS) is 22.5. The molecular weight excluding hydrogens is 444 g/mol. The highest BCUT2D eigenvalue weighted by molar-refractivity contribution is 5.83. The second-order valence-corrected chi connectivity index (χ2v) is 10.4. The Labute approximate surface area is 205 Å². The van der Waals surface area contributed by atoms with E-state index < -0.39 is 17.5 Å². The first-order chi connectivity index (χ1) is 16.9. The van der Waals surface area contributed by atoms with Crippen molar-refractivity contribution in [3.05, 3.63) is 59.7 Å². The highest BCUT2D eigenvalue weighted by Gasteiger charge is 2.47. The minimum atomic E-state index is -0.867. The Morgan fingerprint density at radius 2 is 1.60 bits per heavy atom. The van der Waals surface area contributed by atoms with Crippen LogP contribution in [0.1, 0.15) is 56.1 Å². The van der Waals surface area contributed by atoms with Crippen LogP contribution in [-0.2, 0) is 14.3 Å². The lowest BCUT2D eigenvalue weighted by atomic mass is 9.79. The first kappa shape index (κ1) is 23.4. The third-order valence-corrected chi connectivity index (χ3v) is 7.94. The fraction of sp³-hybridized carbons (Fsp3) is 0.464. The number of carbonyl (C=O) groups excluding carboxylic acids is 2. The summed E-state index contributed by atoms with van der Waals surface area (Å²) < 4.78 is 5.72. The van der Waals surface area contributed by atoms with Crippen molar-refractivity contribution in [1.82, 2.24) is 10.2 Å². The highest BCUT2D eigenvalue weighted by atomic mass is 16.5. The van der Waals surface area contributed by atoms with Crippen LogP contribution in [0.4, 0.5) is 4.79 Å². The molecule has 0 spiro atoms. The fourth-order valence-corrected chi connectivity index (χ4v) is 5.89. The van der Waals surface area contributed by atoms with Crippen molar-refractivity contribution in [1.29, 1.82) is 0 Å². The molecule has 7 heteroatoms. The van der Waals surface area contributed by atoms with Gasteiger partial charge in [0.25, 0.3) is 0 Å². The van der Waals surface area contributed by atoms with Gasteiger partial charge in [0, 0.05) is 31.5 Å². The van der Waals surface area contributed by atoms with E-state index in [9.17, 15) is 19.5 Å². The van der Waals surface area contributed by atoms with Gasteiger partial charge in [-0.1, -0.05) is 61.4 Å². The van der Waals surface area contributed by atoms with E-state index in [-0.39, 0.29) is 43.5 Å². The minimum Gasteiger partial charge on any atom is -0.481 e. The van der Waals surface area contributed by atoms with Gasteiger partial charge in [-0.3, -0.25) is 9.59 Å². The fourth-order valence-electron chi connectivity index (χ4n) is 5.89. The van der Waals surface area contributed by atoms with Crippen molar-refractivity contribution in [2.24, 2.45) is 11.3 Å². The Kier molecular flexibility index (Phi) is 6.26. The molecule has 2 fully saturated rings.